The first-order valence-electron chi connectivity index (χ1n) is 12.0. The van der Waals surface area contributed by atoms with Crippen LogP contribution in [0.15, 0.2) is 36.4 Å². The molecule has 1 saturated carbocycles. The minimum absolute atomic E-state index is 0.274. The Labute approximate surface area is 185 Å². The zero-order valence-corrected chi connectivity index (χ0v) is 21.3. The largest absolute Gasteiger partial charge is 0.376 e. The predicted molar refractivity (Wildman–Crippen MR) is 135 cm³/mol. The molecule has 3 rings (SSSR count). The average Bonchev–Trinajstić information content (AvgIpc) is 3.21. The highest BCUT2D eigenvalue weighted by Gasteiger charge is 2.26. The second kappa shape index (κ2) is 9.68. The van der Waals surface area contributed by atoms with Crippen LogP contribution in [0.25, 0.3) is 0 Å². The lowest BCUT2D eigenvalue weighted by Crippen LogP contribution is -2.28. The van der Waals surface area contributed by atoms with Gasteiger partial charge in [-0.25, -0.2) is 0 Å². The lowest BCUT2D eigenvalue weighted by atomic mass is 9.92. The topological polar surface area (TPSA) is 24.9 Å². The van der Waals surface area contributed by atoms with Crippen molar-refractivity contribution in [3.05, 3.63) is 58.9 Å². The molecule has 1 aliphatic carbocycles. The molecule has 3 heteroatoms. The van der Waals surface area contributed by atoms with Gasteiger partial charge in [0.05, 0.1) is 11.7 Å². The molecular formula is C27H42N2Si. The van der Waals surface area contributed by atoms with Crippen molar-refractivity contribution >= 4 is 13.8 Å². The van der Waals surface area contributed by atoms with E-state index in [9.17, 15) is 0 Å². The van der Waals surface area contributed by atoms with Gasteiger partial charge in [-0.05, 0) is 54.0 Å². The van der Waals surface area contributed by atoms with E-state index in [1.807, 2.05) is 0 Å². The van der Waals surface area contributed by atoms with Crippen LogP contribution < -0.4 is 5.32 Å². The van der Waals surface area contributed by atoms with Crippen molar-refractivity contribution in [2.45, 2.75) is 103 Å². The number of benzene rings is 1. The van der Waals surface area contributed by atoms with Gasteiger partial charge in [0.2, 0.25) is 0 Å². The molecule has 1 N–H and O–H groups in total. The average molecular weight is 423 g/mol. The first-order chi connectivity index (χ1) is 14.2. The van der Waals surface area contributed by atoms with Gasteiger partial charge in [0, 0.05) is 25.4 Å². The predicted octanol–water partition coefficient (Wildman–Crippen LogP) is 8.48. The lowest BCUT2D eigenvalue weighted by Gasteiger charge is -2.30. The summed E-state index contributed by atoms with van der Waals surface area (Å²) < 4.78 is 0. The fraction of sp³-hybridized carbons (Fsp3) is 0.593. The highest BCUT2D eigenvalue weighted by molar-refractivity contribution is 6.76. The van der Waals surface area contributed by atoms with Crippen LogP contribution in [0.4, 0.5) is 5.69 Å². The zero-order valence-electron chi connectivity index (χ0n) is 20.3. The standard InChI is InChI=1S/C27H42N2Si/c1-19(2)22-14-10-15-23(20(3)4)27(22)29-26(18-30(5,6)7)25-17-11-16-24(28-25)21-12-8-9-13-21/h10-11,14-17,19-21,26,29H,8-9,12-13,18H2,1-7H3. The van der Waals surface area contributed by atoms with Gasteiger partial charge in [-0.2, -0.15) is 0 Å². The van der Waals surface area contributed by atoms with E-state index < -0.39 is 8.07 Å². The Bertz CT molecular complexity index is 803. The Balaban J connectivity index is 2.01. The Kier molecular flexibility index (Phi) is 7.44. The number of para-hydroxylation sites is 1. The Hall–Kier alpha value is -1.61. The van der Waals surface area contributed by atoms with Crippen LogP contribution in [0.2, 0.25) is 25.7 Å². The minimum Gasteiger partial charge on any atom is -0.376 e. The number of anilines is 1. The molecule has 1 heterocycles. The van der Waals surface area contributed by atoms with Gasteiger partial charge in [-0.3, -0.25) is 4.98 Å². The fourth-order valence-electron chi connectivity index (χ4n) is 4.85. The highest BCUT2D eigenvalue weighted by Crippen LogP contribution is 2.38. The second-order valence-electron chi connectivity index (χ2n) is 11.1. The number of aromatic nitrogens is 1. The van der Waals surface area contributed by atoms with E-state index in [0.717, 1.165) is 0 Å². The van der Waals surface area contributed by atoms with Gasteiger partial charge in [0.1, 0.15) is 0 Å². The molecule has 0 bridgehead atoms. The monoisotopic (exact) mass is 422 g/mol. The van der Waals surface area contributed by atoms with Gasteiger partial charge >= 0.3 is 0 Å². The van der Waals surface area contributed by atoms with Crippen LogP contribution in [-0.2, 0) is 0 Å². The number of hydrogen-bond acceptors (Lipinski definition) is 2. The SMILES string of the molecule is CC(C)c1cccc(C(C)C)c1NC(C[Si](C)(C)C)c1cccc(C2CCCC2)n1. The van der Waals surface area contributed by atoms with E-state index in [2.05, 4.69) is 89.1 Å². The summed E-state index contributed by atoms with van der Waals surface area (Å²) in [5, 5.41) is 4.04. The van der Waals surface area contributed by atoms with Gasteiger partial charge in [-0.1, -0.05) is 84.4 Å². The molecule has 1 aromatic heterocycles. The molecule has 0 saturated heterocycles. The van der Waals surface area contributed by atoms with E-state index in [-0.39, 0.29) is 6.04 Å². The van der Waals surface area contributed by atoms with Crippen molar-refractivity contribution in [1.82, 2.24) is 4.98 Å². The Morgan fingerprint density at radius 2 is 1.47 bits per heavy atom. The van der Waals surface area contributed by atoms with Crippen molar-refractivity contribution in [3.63, 3.8) is 0 Å². The van der Waals surface area contributed by atoms with E-state index >= 15 is 0 Å². The summed E-state index contributed by atoms with van der Waals surface area (Å²) in [7, 11) is -1.30. The molecule has 0 radical (unpaired) electrons. The molecule has 164 valence electrons. The molecule has 0 aliphatic heterocycles. The summed E-state index contributed by atoms with van der Waals surface area (Å²) in [6.45, 7) is 16.6. The lowest BCUT2D eigenvalue weighted by molar-refractivity contribution is 0.682. The second-order valence-corrected chi connectivity index (χ2v) is 16.6. The molecule has 0 spiro atoms. The Morgan fingerprint density at radius 1 is 0.900 bits per heavy atom. The highest BCUT2D eigenvalue weighted by atomic mass is 28.3. The summed E-state index contributed by atoms with van der Waals surface area (Å²) in [6, 6.07) is 15.0. The van der Waals surface area contributed by atoms with Crippen LogP contribution >= 0.6 is 0 Å². The maximum atomic E-state index is 5.24. The van der Waals surface area contributed by atoms with Crippen molar-refractivity contribution in [2.24, 2.45) is 0 Å². The van der Waals surface area contributed by atoms with E-state index in [1.54, 1.807) is 0 Å². The molecule has 1 aromatic carbocycles. The van der Waals surface area contributed by atoms with Crippen molar-refractivity contribution in [2.75, 3.05) is 5.32 Å². The van der Waals surface area contributed by atoms with Crippen LogP contribution in [0.5, 0.6) is 0 Å². The number of pyridine rings is 1. The van der Waals surface area contributed by atoms with Crippen molar-refractivity contribution in [1.29, 1.82) is 0 Å². The molecule has 2 aromatic rings. The summed E-state index contributed by atoms with van der Waals surface area (Å²) in [6.07, 6.45) is 5.31. The fourth-order valence-corrected chi connectivity index (χ4v) is 6.38. The van der Waals surface area contributed by atoms with E-state index in [0.29, 0.717) is 17.8 Å². The molecule has 1 atom stereocenters. The molecule has 1 aliphatic rings. The molecule has 1 unspecified atom stereocenters. The molecule has 2 nitrogen and oxygen atoms in total. The Morgan fingerprint density at radius 3 is 2.00 bits per heavy atom. The van der Waals surface area contributed by atoms with Crippen LogP contribution in [-0.4, -0.2) is 13.1 Å². The van der Waals surface area contributed by atoms with Crippen LogP contribution in [0.1, 0.15) is 99.7 Å². The minimum atomic E-state index is -1.30. The van der Waals surface area contributed by atoms with Crippen LogP contribution in [0, 0.1) is 0 Å². The van der Waals surface area contributed by atoms with Gasteiger partial charge in [-0.15, -0.1) is 0 Å². The third kappa shape index (κ3) is 5.75. The zero-order chi connectivity index (χ0) is 21.9. The quantitative estimate of drug-likeness (QED) is 0.431. The number of rotatable bonds is 8. The summed E-state index contributed by atoms with van der Waals surface area (Å²) >= 11 is 0. The number of nitrogens with zero attached hydrogens (tertiary/aromatic N) is 1. The van der Waals surface area contributed by atoms with Gasteiger partial charge in [0.15, 0.2) is 0 Å². The maximum absolute atomic E-state index is 5.24. The summed E-state index contributed by atoms with van der Waals surface area (Å²) in [5.41, 5.74) is 6.74. The smallest absolute Gasteiger partial charge is 0.0662 e. The molecule has 30 heavy (non-hydrogen) atoms. The van der Waals surface area contributed by atoms with Crippen LogP contribution in [0.3, 0.4) is 0 Å². The number of nitrogens with one attached hydrogen (secondary N) is 1. The number of hydrogen-bond donors (Lipinski definition) is 1. The molecule has 1 fully saturated rings. The third-order valence-electron chi connectivity index (χ3n) is 6.43. The normalized spacial score (nSPS) is 16.4. The van der Waals surface area contributed by atoms with E-state index in [1.165, 1.54) is 59.9 Å². The van der Waals surface area contributed by atoms with E-state index in [4.69, 9.17) is 4.98 Å². The maximum Gasteiger partial charge on any atom is 0.0662 e. The summed E-state index contributed by atoms with van der Waals surface area (Å²) in [5.74, 6) is 1.65. The molecular weight excluding hydrogens is 380 g/mol. The van der Waals surface area contributed by atoms with Gasteiger partial charge in [0.25, 0.3) is 0 Å². The first kappa shape index (κ1) is 23.1. The van der Waals surface area contributed by atoms with Crippen molar-refractivity contribution < 1.29 is 0 Å². The molecule has 0 amide bonds. The first-order valence-corrected chi connectivity index (χ1v) is 15.7. The van der Waals surface area contributed by atoms with Gasteiger partial charge < -0.3 is 5.32 Å². The third-order valence-corrected chi connectivity index (χ3v) is 8.06. The summed E-state index contributed by atoms with van der Waals surface area (Å²) in [4.78, 5) is 5.24. The van der Waals surface area contributed by atoms with Crippen molar-refractivity contribution in [3.8, 4) is 0 Å².